The van der Waals surface area contributed by atoms with Gasteiger partial charge in [0.05, 0.1) is 11.3 Å². The minimum absolute atomic E-state index is 0.252. The molecule has 0 aliphatic carbocycles. The summed E-state index contributed by atoms with van der Waals surface area (Å²) in [5, 5.41) is 4.89. The highest BCUT2D eigenvalue weighted by molar-refractivity contribution is 5.93. The fourth-order valence-electron chi connectivity index (χ4n) is 3.66. The number of aromatic nitrogens is 2. The third-order valence-electron chi connectivity index (χ3n) is 5.03. The third-order valence-corrected chi connectivity index (χ3v) is 5.03. The maximum absolute atomic E-state index is 14.7. The van der Waals surface area contributed by atoms with Gasteiger partial charge in [0.15, 0.2) is 5.76 Å². The number of hydrogen-bond acceptors (Lipinski definition) is 4. The maximum atomic E-state index is 14.7. The second-order valence-electron chi connectivity index (χ2n) is 6.79. The lowest BCUT2D eigenvalue weighted by Crippen LogP contribution is -2.20. The van der Waals surface area contributed by atoms with E-state index in [1.54, 1.807) is 6.07 Å². The summed E-state index contributed by atoms with van der Waals surface area (Å²) in [6.45, 7) is 7.83. The molecule has 1 aromatic carbocycles. The summed E-state index contributed by atoms with van der Waals surface area (Å²) in [4.78, 5) is 6.97. The zero-order chi connectivity index (χ0) is 17.6. The Hall–Kier alpha value is -2.43. The highest BCUT2D eigenvalue weighted by atomic mass is 19.1. The summed E-state index contributed by atoms with van der Waals surface area (Å²) < 4.78 is 20.3. The molecular formula is C20H22FN3O. The zero-order valence-electron chi connectivity index (χ0n) is 14.9. The molecule has 0 amide bonds. The van der Waals surface area contributed by atoms with E-state index in [1.807, 2.05) is 32.9 Å². The van der Waals surface area contributed by atoms with E-state index in [4.69, 9.17) is 9.51 Å². The number of halogens is 1. The van der Waals surface area contributed by atoms with Crippen LogP contribution in [-0.4, -0.2) is 23.2 Å². The van der Waals surface area contributed by atoms with E-state index in [0.717, 1.165) is 65.9 Å². The lowest BCUT2D eigenvalue weighted by atomic mass is 9.98. The summed E-state index contributed by atoms with van der Waals surface area (Å²) in [5.41, 5.74) is 4.18. The van der Waals surface area contributed by atoms with Crippen LogP contribution in [0.15, 0.2) is 22.7 Å². The predicted molar refractivity (Wildman–Crippen MR) is 97.5 cm³/mol. The first-order valence-electron chi connectivity index (χ1n) is 8.90. The monoisotopic (exact) mass is 339 g/mol. The molecule has 0 atom stereocenters. The molecule has 3 heterocycles. The first-order chi connectivity index (χ1) is 12.1. The van der Waals surface area contributed by atoms with Crippen LogP contribution in [0.3, 0.4) is 0 Å². The largest absolute Gasteiger partial charge is 0.356 e. The van der Waals surface area contributed by atoms with Crippen LogP contribution < -0.4 is 4.90 Å². The summed E-state index contributed by atoms with van der Waals surface area (Å²) in [7, 11) is 0. The second-order valence-corrected chi connectivity index (χ2v) is 6.79. The topological polar surface area (TPSA) is 42.2 Å². The molecule has 0 spiro atoms. The lowest BCUT2D eigenvalue weighted by Gasteiger charge is -2.22. The average Bonchev–Trinajstić information content (AvgIpc) is 3.26. The van der Waals surface area contributed by atoms with Crippen LogP contribution in [0.1, 0.15) is 36.6 Å². The smallest absolute Gasteiger partial charge is 0.171 e. The van der Waals surface area contributed by atoms with Gasteiger partial charge in [-0.05, 0) is 56.4 Å². The Kier molecular flexibility index (Phi) is 3.94. The van der Waals surface area contributed by atoms with Gasteiger partial charge >= 0.3 is 0 Å². The summed E-state index contributed by atoms with van der Waals surface area (Å²) in [6, 6.07) is 5.57. The standard InChI is InChI=1S/C20H22FN3O/c1-4-14-10-15-13(3)18(17-9-12(2)23-25-17)20(24-7-5-6-8-24)22-19(15)16(21)11-14/h9-11H,4-8H2,1-3H3. The van der Waals surface area contributed by atoms with Crippen molar-refractivity contribution in [1.29, 1.82) is 0 Å². The fourth-order valence-corrected chi connectivity index (χ4v) is 3.66. The normalized spacial score (nSPS) is 14.6. The number of rotatable bonds is 3. The van der Waals surface area contributed by atoms with Crippen molar-refractivity contribution in [2.75, 3.05) is 18.0 Å². The minimum Gasteiger partial charge on any atom is -0.356 e. The Morgan fingerprint density at radius 2 is 1.92 bits per heavy atom. The molecule has 0 saturated carbocycles. The molecule has 0 radical (unpaired) electrons. The van der Waals surface area contributed by atoms with Crippen molar-refractivity contribution in [3.63, 3.8) is 0 Å². The van der Waals surface area contributed by atoms with E-state index < -0.39 is 0 Å². The molecule has 1 aliphatic heterocycles. The average molecular weight is 339 g/mol. The Balaban J connectivity index is 2.04. The van der Waals surface area contributed by atoms with Gasteiger partial charge in [0.2, 0.25) is 0 Å². The van der Waals surface area contributed by atoms with Gasteiger partial charge in [-0.25, -0.2) is 9.37 Å². The van der Waals surface area contributed by atoms with E-state index in [-0.39, 0.29) is 5.82 Å². The van der Waals surface area contributed by atoms with E-state index in [9.17, 15) is 4.39 Å². The van der Waals surface area contributed by atoms with E-state index in [0.29, 0.717) is 11.3 Å². The number of aryl methyl sites for hydroxylation is 3. The van der Waals surface area contributed by atoms with Crippen LogP contribution in [0.25, 0.3) is 22.2 Å². The predicted octanol–water partition coefficient (Wildman–Crippen LogP) is 4.81. The van der Waals surface area contributed by atoms with Crippen molar-refractivity contribution >= 4 is 16.7 Å². The van der Waals surface area contributed by atoms with Gasteiger partial charge in [-0.1, -0.05) is 12.1 Å². The molecule has 25 heavy (non-hydrogen) atoms. The zero-order valence-corrected chi connectivity index (χ0v) is 14.9. The van der Waals surface area contributed by atoms with Gasteiger partial charge in [-0.2, -0.15) is 0 Å². The Morgan fingerprint density at radius 1 is 1.16 bits per heavy atom. The molecule has 0 bridgehead atoms. The number of nitrogens with zero attached hydrogens (tertiary/aromatic N) is 3. The van der Waals surface area contributed by atoms with Crippen molar-refractivity contribution in [3.05, 3.63) is 40.8 Å². The SMILES string of the molecule is CCc1cc(F)c2nc(N3CCCC3)c(-c3cc(C)no3)c(C)c2c1. The molecule has 5 heteroatoms. The summed E-state index contributed by atoms with van der Waals surface area (Å²) in [5.74, 6) is 1.26. The summed E-state index contributed by atoms with van der Waals surface area (Å²) >= 11 is 0. The van der Waals surface area contributed by atoms with Gasteiger partial charge in [-0.15, -0.1) is 0 Å². The van der Waals surface area contributed by atoms with Crippen molar-refractivity contribution in [1.82, 2.24) is 10.1 Å². The quantitative estimate of drug-likeness (QED) is 0.687. The molecule has 0 unspecified atom stereocenters. The molecule has 130 valence electrons. The highest BCUT2D eigenvalue weighted by Gasteiger charge is 2.25. The number of anilines is 1. The van der Waals surface area contributed by atoms with Crippen molar-refractivity contribution in [2.24, 2.45) is 0 Å². The highest BCUT2D eigenvalue weighted by Crippen LogP contribution is 2.39. The number of benzene rings is 1. The van der Waals surface area contributed by atoms with Gasteiger partial charge < -0.3 is 9.42 Å². The first-order valence-corrected chi connectivity index (χ1v) is 8.90. The van der Waals surface area contributed by atoms with Gasteiger partial charge in [-0.3, -0.25) is 0 Å². The molecule has 4 rings (SSSR count). The fraction of sp³-hybridized carbons (Fsp3) is 0.400. The Morgan fingerprint density at radius 3 is 2.56 bits per heavy atom. The van der Waals surface area contributed by atoms with E-state index >= 15 is 0 Å². The lowest BCUT2D eigenvalue weighted by molar-refractivity contribution is 0.427. The van der Waals surface area contributed by atoms with Crippen molar-refractivity contribution in [2.45, 2.75) is 40.0 Å². The van der Waals surface area contributed by atoms with Crippen LogP contribution in [0.4, 0.5) is 10.2 Å². The molecule has 4 nitrogen and oxygen atoms in total. The minimum atomic E-state index is -0.252. The molecule has 0 N–H and O–H groups in total. The van der Waals surface area contributed by atoms with Crippen molar-refractivity contribution < 1.29 is 8.91 Å². The van der Waals surface area contributed by atoms with E-state index in [1.165, 1.54) is 0 Å². The van der Waals surface area contributed by atoms with Crippen LogP contribution in [0.5, 0.6) is 0 Å². The molecule has 2 aromatic heterocycles. The molecule has 1 aliphatic rings. The van der Waals surface area contributed by atoms with Crippen LogP contribution in [0, 0.1) is 19.7 Å². The first kappa shape index (κ1) is 16.1. The van der Waals surface area contributed by atoms with Crippen LogP contribution in [0.2, 0.25) is 0 Å². The Bertz CT molecular complexity index is 942. The molecule has 3 aromatic rings. The van der Waals surface area contributed by atoms with Crippen LogP contribution >= 0.6 is 0 Å². The third kappa shape index (κ3) is 2.68. The number of pyridine rings is 1. The van der Waals surface area contributed by atoms with Gasteiger partial charge in [0.25, 0.3) is 0 Å². The Labute approximate surface area is 146 Å². The van der Waals surface area contributed by atoms with Crippen LogP contribution in [-0.2, 0) is 6.42 Å². The second kappa shape index (κ2) is 6.14. The van der Waals surface area contributed by atoms with Gasteiger partial charge in [0, 0.05) is 24.5 Å². The summed E-state index contributed by atoms with van der Waals surface area (Å²) in [6.07, 6.45) is 3.05. The molecular weight excluding hydrogens is 317 g/mol. The molecule has 1 fully saturated rings. The van der Waals surface area contributed by atoms with Gasteiger partial charge in [0.1, 0.15) is 17.2 Å². The number of fused-ring (bicyclic) bond motifs is 1. The van der Waals surface area contributed by atoms with E-state index in [2.05, 4.69) is 10.1 Å². The number of hydrogen-bond donors (Lipinski definition) is 0. The maximum Gasteiger partial charge on any atom is 0.171 e. The van der Waals surface area contributed by atoms with Crippen molar-refractivity contribution in [3.8, 4) is 11.3 Å². The molecule has 1 saturated heterocycles.